The summed E-state index contributed by atoms with van der Waals surface area (Å²) < 4.78 is 25.2. The van der Waals surface area contributed by atoms with Crippen molar-refractivity contribution < 1.29 is 8.42 Å². The summed E-state index contributed by atoms with van der Waals surface area (Å²) in [6.07, 6.45) is 0.802. The van der Waals surface area contributed by atoms with Crippen molar-refractivity contribution >= 4 is 21.6 Å². The average Bonchev–Trinajstić information content (AvgIpc) is 2.32. The van der Waals surface area contributed by atoms with Crippen molar-refractivity contribution in [1.82, 2.24) is 4.72 Å². The number of hydrogen-bond acceptors (Lipinski definition) is 3. The Balaban J connectivity index is 2.69. The van der Waals surface area contributed by atoms with Crippen LogP contribution in [0.3, 0.4) is 0 Å². The van der Waals surface area contributed by atoms with Crippen LogP contribution in [0.5, 0.6) is 0 Å². The maximum Gasteiger partial charge on any atom is 0.225 e. The van der Waals surface area contributed by atoms with Gasteiger partial charge in [0.25, 0.3) is 0 Å². The number of nitriles is 1. The molecule has 18 heavy (non-hydrogen) atoms. The lowest BCUT2D eigenvalue weighted by Gasteiger charge is -2.15. The average molecular weight is 287 g/mol. The van der Waals surface area contributed by atoms with Crippen LogP contribution in [0.2, 0.25) is 5.02 Å². The normalized spacial score (nSPS) is 12.9. The Bertz CT molecular complexity index is 520. The first-order chi connectivity index (χ1) is 8.48. The van der Waals surface area contributed by atoms with Crippen molar-refractivity contribution in [1.29, 1.82) is 5.26 Å². The number of benzene rings is 1. The third kappa shape index (κ3) is 4.65. The van der Waals surface area contributed by atoms with Crippen molar-refractivity contribution in [2.75, 3.05) is 12.3 Å². The minimum atomic E-state index is -3.49. The van der Waals surface area contributed by atoms with E-state index in [1.807, 2.05) is 19.1 Å². The highest BCUT2D eigenvalue weighted by atomic mass is 35.5. The van der Waals surface area contributed by atoms with Gasteiger partial charge < -0.3 is 0 Å². The molecular weight excluding hydrogens is 272 g/mol. The Labute approximate surface area is 113 Å². The summed E-state index contributed by atoms with van der Waals surface area (Å²) in [5.74, 6) is -0.430. The van der Waals surface area contributed by atoms with Gasteiger partial charge >= 0.3 is 0 Å². The fourth-order valence-electron chi connectivity index (χ4n) is 1.60. The van der Waals surface area contributed by atoms with Crippen LogP contribution in [-0.2, 0) is 10.0 Å². The third-order valence-electron chi connectivity index (χ3n) is 2.64. The molecule has 0 unspecified atom stereocenters. The van der Waals surface area contributed by atoms with Crippen LogP contribution >= 0.6 is 11.6 Å². The predicted octanol–water partition coefficient (Wildman–Crippen LogP) is 2.28. The molecule has 1 atom stereocenters. The molecule has 0 saturated heterocycles. The van der Waals surface area contributed by atoms with Crippen LogP contribution in [0.25, 0.3) is 0 Å². The summed E-state index contributed by atoms with van der Waals surface area (Å²) in [5, 5.41) is 9.04. The molecule has 0 saturated carbocycles. The molecular formula is C12H15ClN2O2S. The summed E-state index contributed by atoms with van der Waals surface area (Å²) in [6, 6.07) is 8.96. The molecule has 0 aliphatic heterocycles. The maximum atomic E-state index is 11.4. The van der Waals surface area contributed by atoms with Crippen molar-refractivity contribution in [3.8, 4) is 6.07 Å². The van der Waals surface area contributed by atoms with E-state index in [1.54, 1.807) is 18.2 Å². The van der Waals surface area contributed by atoms with Crippen molar-refractivity contribution in [2.24, 2.45) is 0 Å². The first kappa shape index (κ1) is 15.0. The Kier molecular flexibility index (Phi) is 5.60. The Morgan fingerprint density at radius 1 is 1.39 bits per heavy atom. The van der Waals surface area contributed by atoms with Crippen molar-refractivity contribution in [3.05, 3.63) is 34.9 Å². The van der Waals surface area contributed by atoms with Gasteiger partial charge in [-0.2, -0.15) is 5.26 Å². The van der Waals surface area contributed by atoms with Gasteiger partial charge in [-0.25, -0.2) is 13.1 Å². The summed E-state index contributed by atoms with van der Waals surface area (Å²) in [5.41, 5.74) is 1.03. The van der Waals surface area contributed by atoms with E-state index in [-0.39, 0.29) is 5.92 Å². The number of rotatable bonds is 6. The minimum Gasteiger partial charge on any atom is -0.214 e. The molecule has 0 aliphatic carbocycles. The highest BCUT2D eigenvalue weighted by molar-refractivity contribution is 7.89. The van der Waals surface area contributed by atoms with Gasteiger partial charge in [0.15, 0.2) is 5.75 Å². The summed E-state index contributed by atoms with van der Waals surface area (Å²) in [6.45, 7) is 2.28. The highest BCUT2D eigenvalue weighted by Gasteiger charge is 2.14. The smallest absolute Gasteiger partial charge is 0.214 e. The van der Waals surface area contributed by atoms with Crippen LogP contribution < -0.4 is 4.72 Å². The second kappa shape index (κ2) is 6.74. The highest BCUT2D eigenvalue weighted by Crippen LogP contribution is 2.20. The van der Waals surface area contributed by atoms with Gasteiger partial charge in [0.1, 0.15) is 0 Å². The monoisotopic (exact) mass is 286 g/mol. The quantitative estimate of drug-likeness (QED) is 0.872. The molecule has 4 nitrogen and oxygen atoms in total. The molecule has 98 valence electrons. The molecule has 1 N–H and O–H groups in total. The number of sulfonamides is 1. The first-order valence-electron chi connectivity index (χ1n) is 5.58. The van der Waals surface area contributed by atoms with Crippen molar-refractivity contribution in [3.63, 3.8) is 0 Å². The molecule has 0 heterocycles. The van der Waals surface area contributed by atoms with Crippen LogP contribution in [0.15, 0.2) is 24.3 Å². The van der Waals surface area contributed by atoms with Gasteiger partial charge in [0.05, 0.1) is 6.07 Å². The zero-order chi connectivity index (χ0) is 13.6. The van der Waals surface area contributed by atoms with Crippen LogP contribution in [0, 0.1) is 11.3 Å². The van der Waals surface area contributed by atoms with E-state index < -0.39 is 15.8 Å². The molecule has 1 aromatic carbocycles. The lowest BCUT2D eigenvalue weighted by Crippen LogP contribution is -2.30. The summed E-state index contributed by atoms with van der Waals surface area (Å²) >= 11 is 5.80. The molecule has 0 amide bonds. The van der Waals surface area contributed by atoms with Crippen LogP contribution in [0.1, 0.15) is 24.8 Å². The van der Waals surface area contributed by atoms with Crippen molar-refractivity contribution in [2.45, 2.75) is 19.3 Å². The molecule has 1 rings (SSSR count). The Hall–Kier alpha value is -1.09. The molecule has 1 aromatic rings. The fraction of sp³-hybridized carbons (Fsp3) is 0.417. The van der Waals surface area contributed by atoms with E-state index in [0.717, 1.165) is 12.0 Å². The third-order valence-corrected chi connectivity index (χ3v) is 4.01. The predicted molar refractivity (Wildman–Crippen MR) is 71.9 cm³/mol. The van der Waals surface area contributed by atoms with Gasteiger partial charge in [-0.1, -0.05) is 30.7 Å². The second-order valence-corrected chi connectivity index (χ2v) is 6.17. The lowest BCUT2D eigenvalue weighted by atomic mass is 9.97. The zero-order valence-electron chi connectivity index (χ0n) is 10.1. The van der Waals surface area contributed by atoms with Gasteiger partial charge in [0.2, 0.25) is 10.0 Å². The van der Waals surface area contributed by atoms with E-state index in [4.69, 9.17) is 16.9 Å². The summed E-state index contributed by atoms with van der Waals surface area (Å²) in [7, 11) is -3.49. The van der Waals surface area contributed by atoms with E-state index in [2.05, 4.69) is 4.72 Å². The topological polar surface area (TPSA) is 70.0 Å². The Morgan fingerprint density at radius 2 is 2.00 bits per heavy atom. The number of nitrogens with zero attached hydrogens (tertiary/aromatic N) is 1. The molecule has 0 fully saturated rings. The minimum absolute atomic E-state index is 0.0794. The van der Waals surface area contributed by atoms with Gasteiger partial charge in [-0.3, -0.25) is 0 Å². The van der Waals surface area contributed by atoms with E-state index in [1.165, 1.54) is 0 Å². The Morgan fingerprint density at radius 3 is 2.50 bits per heavy atom. The van der Waals surface area contributed by atoms with Gasteiger partial charge in [-0.15, -0.1) is 0 Å². The second-order valence-electron chi connectivity index (χ2n) is 3.92. The van der Waals surface area contributed by atoms with E-state index in [9.17, 15) is 8.42 Å². The molecule has 0 aliphatic rings. The van der Waals surface area contributed by atoms with Crippen LogP contribution in [0.4, 0.5) is 0 Å². The standard InChI is InChI=1S/C12H15ClN2O2S/c1-2-10(9-15-18(16,17)8-7-14)11-3-5-12(13)6-4-11/h3-6,10,15H,2,8-9H2,1H3/t10-/m0/s1. The SMILES string of the molecule is CC[C@@H](CNS(=O)(=O)CC#N)c1ccc(Cl)cc1. The van der Waals surface area contributed by atoms with E-state index >= 15 is 0 Å². The number of nitrogens with one attached hydrogen (secondary N) is 1. The van der Waals surface area contributed by atoms with Crippen LogP contribution in [-0.4, -0.2) is 20.7 Å². The molecule has 0 radical (unpaired) electrons. The van der Waals surface area contributed by atoms with Gasteiger partial charge in [-0.05, 0) is 30.0 Å². The first-order valence-corrected chi connectivity index (χ1v) is 7.61. The molecule has 0 spiro atoms. The zero-order valence-corrected chi connectivity index (χ0v) is 11.6. The maximum absolute atomic E-state index is 11.4. The lowest BCUT2D eigenvalue weighted by molar-refractivity contribution is 0.569. The number of hydrogen-bond donors (Lipinski definition) is 1. The van der Waals surface area contributed by atoms with Gasteiger partial charge in [0, 0.05) is 11.6 Å². The molecule has 0 aromatic heterocycles. The largest absolute Gasteiger partial charge is 0.225 e. The summed E-state index contributed by atoms with van der Waals surface area (Å²) in [4.78, 5) is 0. The molecule has 6 heteroatoms. The van der Waals surface area contributed by atoms with E-state index in [0.29, 0.717) is 11.6 Å². The molecule has 0 bridgehead atoms. The number of halogens is 1. The fourth-order valence-corrected chi connectivity index (χ4v) is 2.45.